The maximum absolute atomic E-state index is 13.1. The lowest BCUT2D eigenvalue weighted by Gasteiger charge is -2.33. The van der Waals surface area contributed by atoms with Crippen LogP contribution in [0.15, 0.2) is 23.0 Å². The van der Waals surface area contributed by atoms with Crippen molar-refractivity contribution >= 4 is 28.7 Å². The van der Waals surface area contributed by atoms with E-state index in [0.717, 1.165) is 35.9 Å². The molecule has 178 valence electrons. The number of nitrogens with zero attached hydrogens (tertiary/aromatic N) is 3. The number of amides is 1. The minimum atomic E-state index is -0.578. The molecule has 1 saturated carbocycles. The van der Waals surface area contributed by atoms with Gasteiger partial charge < -0.3 is 9.64 Å². The molecule has 8 heteroatoms. The van der Waals surface area contributed by atoms with E-state index in [4.69, 9.17) is 4.74 Å². The monoisotopic (exact) mass is 455 g/mol. The standard InChI is InChI=1S/C25H33N3O5/c1-25(2,3)33-24(32)27-12-10-16(11-13-27)14-17-6-5-7-20-22(17)26(4)23(31)28(20)19-9-8-18(29)15-21(19)30/h5-7,16,19H,8-15H2,1-4H3. The third-order valence-corrected chi connectivity index (χ3v) is 6.71. The zero-order valence-corrected chi connectivity index (χ0v) is 19.9. The highest BCUT2D eigenvalue weighted by atomic mass is 16.6. The molecule has 1 aromatic carbocycles. The number of carbonyl (C=O) groups is 3. The summed E-state index contributed by atoms with van der Waals surface area (Å²) >= 11 is 0. The average Bonchev–Trinajstić information content (AvgIpc) is 2.99. The highest BCUT2D eigenvalue weighted by Crippen LogP contribution is 2.30. The Bertz CT molecular complexity index is 1150. The summed E-state index contributed by atoms with van der Waals surface area (Å²) in [4.78, 5) is 51.5. The molecule has 1 atom stereocenters. The quantitative estimate of drug-likeness (QED) is 0.662. The number of ether oxygens (including phenoxy) is 1. The number of hydrogen-bond acceptors (Lipinski definition) is 5. The highest BCUT2D eigenvalue weighted by molar-refractivity contribution is 6.03. The molecule has 33 heavy (non-hydrogen) atoms. The molecular formula is C25H33N3O5. The number of para-hydroxylation sites is 1. The van der Waals surface area contributed by atoms with E-state index in [2.05, 4.69) is 0 Å². The molecule has 0 N–H and O–H groups in total. The molecule has 0 spiro atoms. The van der Waals surface area contributed by atoms with Gasteiger partial charge in [-0.05, 0) is 64.0 Å². The molecule has 8 nitrogen and oxygen atoms in total. The van der Waals surface area contributed by atoms with Gasteiger partial charge >= 0.3 is 11.8 Å². The number of carbonyl (C=O) groups excluding carboxylic acids is 3. The summed E-state index contributed by atoms with van der Waals surface area (Å²) in [7, 11) is 1.74. The lowest BCUT2D eigenvalue weighted by molar-refractivity contribution is -0.132. The fourth-order valence-corrected chi connectivity index (χ4v) is 5.08. The minimum Gasteiger partial charge on any atom is -0.444 e. The Morgan fingerprint density at radius 1 is 1.09 bits per heavy atom. The van der Waals surface area contributed by atoms with Gasteiger partial charge in [0, 0.05) is 26.6 Å². The zero-order valence-electron chi connectivity index (χ0n) is 19.9. The second-order valence-electron chi connectivity index (χ2n) is 10.3. The van der Waals surface area contributed by atoms with Crippen LogP contribution >= 0.6 is 0 Å². The predicted octanol–water partition coefficient (Wildman–Crippen LogP) is 3.39. The van der Waals surface area contributed by atoms with Crippen molar-refractivity contribution < 1.29 is 19.1 Å². The second kappa shape index (κ2) is 8.80. The minimum absolute atomic E-state index is 0.0528. The number of hydrogen-bond donors (Lipinski definition) is 0. The maximum atomic E-state index is 13.1. The molecule has 4 rings (SSSR count). The molecule has 2 aromatic rings. The van der Waals surface area contributed by atoms with Crippen LogP contribution in [0.3, 0.4) is 0 Å². The first-order valence-electron chi connectivity index (χ1n) is 11.8. The number of aromatic nitrogens is 2. The Morgan fingerprint density at radius 2 is 1.79 bits per heavy atom. The van der Waals surface area contributed by atoms with Gasteiger partial charge in [-0.15, -0.1) is 0 Å². The Hall–Kier alpha value is -2.90. The van der Waals surface area contributed by atoms with Gasteiger partial charge in [0.2, 0.25) is 0 Å². The van der Waals surface area contributed by atoms with Gasteiger partial charge in [0.25, 0.3) is 0 Å². The van der Waals surface area contributed by atoms with E-state index in [1.54, 1.807) is 21.1 Å². The summed E-state index contributed by atoms with van der Waals surface area (Å²) < 4.78 is 8.70. The smallest absolute Gasteiger partial charge is 0.410 e. The molecular weight excluding hydrogens is 422 g/mol. The van der Waals surface area contributed by atoms with Crippen molar-refractivity contribution in [3.8, 4) is 0 Å². The van der Waals surface area contributed by atoms with Gasteiger partial charge in [-0.3, -0.25) is 18.7 Å². The summed E-state index contributed by atoms with van der Waals surface area (Å²) in [5.41, 5.74) is 1.94. The average molecular weight is 456 g/mol. The number of imidazole rings is 1. The van der Waals surface area contributed by atoms with Crippen LogP contribution < -0.4 is 5.69 Å². The van der Waals surface area contributed by atoms with E-state index in [-0.39, 0.29) is 29.8 Å². The summed E-state index contributed by atoms with van der Waals surface area (Å²) in [6.07, 6.45) is 2.88. The molecule has 1 aromatic heterocycles. The van der Waals surface area contributed by atoms with Crippen molar-refractivity contribution in [2.24, 2.45) is 13.0 Å². The van der Waals surface area contributed by atoms with Crippen molar-refractivity contribution in [3.63, 3.8) is 0 Å². The van der Waals surface area contributed by atoms with Gasteiger partial charge in [0.1, 0.15) is 11.4 Å². The molecule has 2 fully saturated rings. The molecule has 2 aliphatic rings. The van der Waals surface area contributed by atoms with Crippen molar-refractivity contribution in [1.82, 2.24) is 14.0 Å². The van der Waals surface area contributed by atoms with Crippen molar-refractivity contribution in [3.05, 3.63) is 34.2 Å². The van der Waals surface area contributed by atoms with Crippen LogP contribution in [-0.2, 0) is 27.8 Å². The third kappa shape index (κ3) is 4.75. The summed E-state index contributed by atoms with van der Waals surface area (Å²) in [6, 6.07) is 5.28. The first kappa shape index (κ1) is 23.3. The number of Topliss-reactive ketones (excluding diaryl/α,β-unsaturated/α-hetero) is 2. The third-order valence-electron chi connectivity index (χ3n) is 6.71. The Balaban J connectivity index is 1.53. The van der Waals surface area contributed by atoms with E-state index in [0.29, 0.717) is 31.8 Å². The van der Waals surface area contributed by atoms with Gasteiger partial charge in [-0.1, -0.05) is 12.1 Å². The van der Waals surface area contributed by atoms with Crippen LogP contribution in [0.4, 0.5) is 4.79 Å². The molecule has 1 amide bonds. The number of rotatable bonds is 3. The number of likely N-dealkylation sites (tertiary alicyclic amines) is 1. The normalized spacial score (nSPS) is 20.5. The largest absolute Gasteiger partial charge is 0.444 e. The van der Waals surface area contributed by atoms with Gasteiger partial charge in [0.05, 0.1) is 23.5 Å². The van der Waals surface area contributed by atoms with E-state index in [9.17, 15) is 19.2 Å². The van der Waals surface area contributed by atoms with E-state index < -0.39 is 11.6 Å². The van der Waals surface area contributed by atoms with E-state index in [1.165, 1.54) is 0 Å². The molecule has 0 bridgehead atoms. The molecule has 1 aliphatic carbocycles. The topological polar surface area (TPSA) is 90.6 Å². The zero-order chi connectivity index (χ0) is 23.9. The molecule has 1 aliphatic heterocycles. The lowest BCUT2D eigenvalue weighted by atomic mass is 9.89. The van der Waals surface area contributed by atoms with Crippen LogP contribution in [0.25, 0.3) is 11.0 Å². The van der Waals surface area contributed by atoms with Crippen LogP contribution in [0.5, 0.6) is 0 Å². The first-order chi connectivity index (χ1) is 15.5. The van der Waals surface area contributed by atoms with Gasteiger partial charge in [-0.25, -0.2) is 9.59 Å². The van der Waals surface area contributed by atoms with Gasteiger partial charge in [-0.2, -0.15) is 0 Å². The fourth-order valence-electron chi connectivity index (χ4n) is 5.08. The number of fused-ring (bicyclic) bond motifs is 1. The van der Waals surface area contributed by atoms with Crippen molar-refractivity contribution in [2.75, 3.05) is 13.1 Å². The molecule has 1 unspecified atom stereocenters. The van der Waals surface area contributed by atoms with Crippen LogP contribution in [0.1, 0.15) is 64.5 Å². The number of aryl methyl sites for hydroxylation is 1. The Labute approximate surface area is 193 Å². The lowest BCUT2D eigenvalue weighted by Crippen LogP contribution is -2.42. The Kier molecular flexibility index (Phi) is 6.20. The second-order valence-corrected chi connectivity index (χ2v) is 10.3. The van der Waals surface area contributed by atoms with Crippen LogP contribution in [0, 0.1) is 5.92 Å². The van der Waals surface area contributed by atoms with Crippen molar-refractivity contribution in [2.45, 2.75) is 70.9 Å². The van der Waals surface area contributed by atoms with E-state index in [1.807, 2.05) is 39.0 Å². The van der Waals surface area contributed by atoms with E-state index >= 15 is 0 Å². The SMILES string of the molecule is Cn1c(=O)n(C2CCC(=O)CC2=O)c2cccc(CC3CCN(C(=O)OC(C)(C)C)CC3)c21. The number of piperidine rings is 1. The maximum Gasteiger partial charge on any atom is 0.410 e. The number of benzene rings is 1. The van der Waals surface area contributed by atoms with Crippen LogP contribution in [0.2, 0.25) is 0 Å². The molecule has 2 heterocycles. The predicted molar refractivity (Wildman–Crippen MR) is 124 cm³/mol. The van der Waals surface area contributed by atoms with Crippen LogP contribution in [-0.4, -0.2) is 50.4 Å². The molecule has 0 radical (unpaired) electrons. The molecule has 1 saturated heterocycles. The summed E-state index contributed by atoms with van der Waals surface area (Å²) in [5, 5.41) is 0. The fraction of sp³-hybridized carbons (Fsp3) is 0.600. The highest BCUT2D eigenvalue weighted by Gasteiger charge is 2.32. The first-order valence-corrected chi connectivity index (χ1v) is 11.8. The van der Waals surface area contributed by atoms with Crippen molar-refractivity contribution in [1.29, 1.82) is 0 Å². The summed E-state index contributed by atoms with van der Waals surface area (Å²) in [5.74, 6) is 0.158. The number of ketones is 2. The summed E-state index contributed by atoms with van der Waals surface area (Å²) in [6.45, 7) is 6.91. The Morgan fingerprint density at radius 3 is 2.42 bits per heavy atom. The van der Waals surface area contributed by atoms with Gasteiger partial charge in [0.15, 0.2) is 5.78 Å².